The van der Waals surface area contributed by atoms with Crippen LogP contribution < -0.4 is 15.2 Å². The van der Waals surface area contributed by atoms with Gasteiger partial charge in [0.25, 0.3) is 5.91 Å². The molecule has 0 spiro atoms. The number of hydrogen-bond acceptors (Lipinski definition) is 4. The highest BCUT2D eigenvalue weighted by molar-refractivity contribution is 6.32. The molecule has 1 aromatic rings. The Morgan fingerprint density at radius 1 is 1.47 bits per heavy atom. The standard InChI is InChI=1S/C13H15ClN2O3/c14-10-4-8(5-11-12(10)19-7-18-11)13(17)16-3-1-2-9(16)6-15/h4-5,9H,1-3,6-7,15H2. The average molecular weight is 283 g/mol. The van der Waals surface area contributed by atoms with Crippen molar-refractivity contribution in [2.24, 2.45) is 5.73 Å². The van der Waals surface area contributed by atoms with Gasteiger partial charge in [0.05, 0.1) is 5.02 Å². The van der Waals surface area contributed by atoms with Gasteiger partial charge in [0.1, 0.15) is 0 Å². The smallest absolute Gasteiger partial charge is 0.254 e. The van der Waals surface area contributed by atoms with E-state index in [9.17, 15) is 4.79 Å². The molecule has 0 radical (unpaired) electrons. The summed E-state index contributed by atoms with van der Waals surface area (Å²) in [7, 11) is 0. The Morgan fingerprint density at radius 3 is 3.11 bits per heavy atom. The molecule has 1 fully saturated rings. The predicted octanol–water partition coefficient (Wildman–Crippen LogP) is 1.63. The lowest BCUT2D eigenvalue weighted by molar-refractivity contribution is 0.0741. The van der Waals surface area contributed by atoms with Gasteiger partial charge in [-0.1, -0.05) is 11.6 Å². The molecule has 0 aliphatic carbocycles. The van der Waals surface area contributed by atoms with E-state index < -0.39 is 0 Å². The first-order valence-electron chi connectivity index (χ1n) is 6.31. The third kappa shape index (κ3) is 2.13. The SMILES string of the molecule is NCC1CCCN1C(=O)c1cc(Cl)c2c(c1)OCO2. The van der Waals surface area contributed by atoms with E-state index in [1.165, 1.54) is 0 Å². The van der Waals surface area contributed by atoms with Crippen molar-refractivity contribution in [3.05, 3.63) is 22.7 Å². The van der Waals surface area contributed by atoms with E-state index >= 15 is 0 Å². The molecule has 0 saturated carbocycles. The quantitative estimate of drug-likeness (QED) is 0.895. The largest absolute Gasteiger partial charge is 0.454 e. The molecular formula is C13H15ClN2O3. The van der Waals surface area contributed by atoms with Crippen LogP contribution in [-0.4, -0.2) is 36.7 Å². The van der Waals surface area contributed by atoms with Crippen LogP contribution in [0.3, 0.4) is 0 Å². The first-order valence-corrected chi connectivity index (χ1v) is 6.68. The number of fused-ring (bicyclic) bond motifs is 1. The number of hydrogen-bond donors (Lipinski definition) is 1. The van der Waals surface area contributed by atoms with E-state index in [0.29, 0.717) is 28.6 Å². The van der Waals surface area contributed by atoms with Gasteiger partial charge >= 0.3 is 0 Å². The summed E-state index contributed by atoms with van der Waals surface area (Å²) in [5.74, 6) is 0.988. The highest BCUT2D eigenvalue weighted by atomic mass is 35.5. The first-order chi connectivity index (χ1) is 9.20. The molecule has 1 amide bonds. The van der Waals surface area contributed by atoms with Crippen LogP contribution in [0.25, 0.3) is 0 Å². The minimum Gasteiger partial charge on any atom is -0.454 e. The second kappa shape index (κ2) is 4.90. The van der Waals surface area contributed by atoms with Crippen LogP contribution in [-0.2, 0) is 0 Å². The number of benzene rings is 1. The van der Waals surface area contributed by atoms with Gasteiger partial charge in [-0.25, -0.2) is 0 Å². The molecule has 19 heavy (non-hydrogen) atoms. The average Bonchev–Trinajstić information content (AvgIpc) is 3.06. The number of nitrogens with zero attached hydrogens (tertiary/aromatic N) is 1. The minimum atomic E-state index is -0.0480. The molecule has 2 aliphatic heterocycles. The third-order valence-electron chi connectivity index (χ3n) is 3.58. The van der Waals surface area contributed by atoms with Crippen molar-refractivity contribution in [3.63, 3.8) is 0 Å². The Bertz CT molecular complexity index is 521. The molecule has 1 saturated heterocycles. The van der Waals surface area contributed by atoms with Crippen LogP contribution in [0.5, 0.6) is 11.5 Å². The van der Waals surface area contributed by atoms with Crippen molar-refractivity contribution in [3.8, 4) is 11.5 Å². The predicted molar refractivity (Wildman–Crippen MR) is 70.7 cm³/mol. The van der Waals surface area contributed by atoms with Gasteiger partial charge in [0.15, 0.2) is 11.5 Å². The summed E-state index contributed by atoms with van der Waals surface area (Å²) >= 11 is 6.10. The molecule has 2 heterocycles. The molecule has 1 atom stereocenters. The molecule has 0 bridgehead atoms. The Labute approximate surface area is 116 Å². The van der Waals surface area contributed by atoms with E-state index in [1.807, 2.05) is 4.90 Å². The van der Waals surface area contributed by atoms with Gasteiger partial charge in [-0.05, 0) is 25.0 Å². The number of likely N-dealkylation sites (tertiary alicyclic amines) is 1. The number of ether oxygens (including phenoxy) is 2. The number of amides is 1. The first kappa shape index (κ1) is 12.6. The van der Waals surface area contributed by atoms with Crippen molar-refractivity contribution in [1.29, 1.82) is 0 Å². The molecule has 5 nitrogen and oxygen atoms in total. The zero-order chi connectivity index (χ0) is 13.4. The summed E-state index contributed by atoms with van der Waals surface area (Å²) in [5, 5.41) is 0.404. The van der Waals surface area contributed by atoms with Crippen LogP contribution in [0.1, 0.15) is 23.2 Å². The minimum absolute atomic E-state index is 0.0480. The fourth-order valence-corrected chi connectivity index (χ4v) is 2.87. The number of rotatable bonds is 2. The van der Waals surface area contributed by atoms with Crippen LogP contribution >= 0.6 is 11.6 Å². The lowest BCUT2D eigenvalue weighted by Crippen LogP contribution is -2.39. The molecule has 2 aliphatic rings. The summed E-state index contributed by atoms with van der Waals surface area (Å²) in [6.07, 6.45) is 1.95. The lowest BCUT2D eigenvalue weighted by atomic mass is 10.1. The molecule has 2 N–H and O–H groups in total. The van der Waals surface area contributed by atoms with E-state index in [0.717, 1.165) is 19.4 Å². The zero-order valence-corrected chi connectivity index (χ0v) is 11.2. The second-order valence-electron chi connectivity index (χ2n) is 4.72. The van der Waals surface area contributed by atoms with E-state index in [1.54, 1.807) is 12.1 Å². The fourth-order valence-electron chi connectivity index (χ4n) is 2.60. The normalized spacial score (nSPS) is 20.9. The van der Waals surface area contributed by atoms with Crippen LogP contribution in [0.4, 0.5) is 0 Å². The summed E-state index contributed by atoms with van der Waals surface area (Å²) in [5.41, 5.74) is 6.22. The van der Waals surface area contributed by atoms with Gasteiger partial charge < -0.3 is 20.1 Å². The maximum absolute atomic E-state index is 12.5. The van der Waals surface area contributed by atoms with E-state index in [-0.39, 0.29) is 18.7 Å². The highest BCUT2D eigenvalue weighted by Crippen LogP contribution is 2.40. The number of nitrogens with two attached hydrogens (primary N) is 1. The van der Waals surface area contributed by atoms with Crippen LogP contribution in [0, 0.1) is 0 Å². The summed E-state index contributed by atoms with van der Waals surface area (Å²) in [6, 6.07) is 3.43. The number of carbonyl (C=O) groups excluding carboxylic acids is 1. The van der Waals surface area contributed by atoms with Crippen LogP contribution in [0.2, 0.25) is 5.02 Å². The Morgan fingerprint density at radius 2 is 2.32 bits per heavy atom. The molecule has 3 rings (SSSR count). The molecular weight excluding hydrogens is 268 g/mol. The van der Waals surface area contributed by atoms with E-state index in [4.69, 9.17) is 26.8 Å². The maximum atomic E-state index is 12.5. The van der Waals surface area contributed by atoms with Crippen molar-refractivity contribution >= 4 is 17.5 Å². The molecule has 1 unspecified atom stereocenters. The van der Waals surface area contributed by atoms with Crippen molar-refractivity contribution in [1.82, 2.24) is 4.90 Å². The van der Waals surface area contributed by atoms with Gasteiger partial charge in [0.2, 0.25) is 6.79 Å². The molecule has 0 aromatic heterocycles. The Balaban J connectivity index is 1.90. The fraction of sp³-hybridized carbons (Fsp3) is 0.462. The summed E-state index contributed by atoms with van der Waals surface area (Å²) < 4.78 is 10.5. The second-order valence-corrected chi connectivity index (χ2v) is 5.13. The number of carbonyl (C=O) groups is 1. The summed E-state index contributed by atoms with van der Waals surface area (Å²) in [6.45, 7) is 1.37. The van der Waals surface area contributed by atoms with Gasteiger partial charge in [-0.3, -0.25) is 4.79 Å². The van der Waals surface area contributed by atoms with Crippen molar-refractivity contribution in [2.45, 2.75) is 18.9 Å². The van der Waals surface area contributed by atoms with Crippen molar-refractivity contribution in [2.75, 3.05) is 19.9 Å². The van der Waals surface area contributed by atoms with Gasteiger partial charge in [-0.15, -0.1) is 0 Å². The Kier molecular flexibility index (Phi) is 3.24. The third-order valence-corrected chi connectivity index (χ3v) is 3.86. The van der Waals surface area contributed by atoms with E-state index in [2.05, 4.69) is 0 Å². The number of halogens is 1. The highest BCUT2D eigenvalue weighted by Gasteiger charge is 2.30. The topological polar surface area (TPSA) is 64.8 Å². The van der Waals surface area contributed by atoms with Crippen molar-refractivity contribution < 1.29 is 14.3 Å². The van der Waals surface area contributed by atoms with Crippen LogP contribution in [0.15, 0.2) is 12.1 Å². The molecule has 102 valence electrons. The molecule has 6 heteroatoms. The lowest BCUT2D eigenvalue weighted by Gasteiger charge is -2.23. The maximum Gasteiger partial charge on any atom is 0.254 e. The van der Waals surface area contributed by atoms with Gasteiger partial charge in [-0.2, -0.15) is 0 Å². The summed E-state index contributed by atoms with van der Waals surface area (Å²) in [4.78, 5) is 14.3. The Hall–Kier alpha value is -1.46. The monoisotopic (exact) mass is 282 g/mol. The molecule has 1 aromatic carbocycles. The zero-order valence-electron chi connectivity index (χ0n) is 10.4. The van der Waals surface area contributed by atoms with Gasteiger partial charge in [0, 0.05) is 24.7 Å².